The summed E-state index contributed by atoms with van der Waals surface area (Å²) in [6, 6.07) is 3.99. The molecule has 4 heteroatoms. The van der Waals surface area contributed by atoms with Crippen LogP contribution in [0, 0.1) is 5.41 Å². The number of nitrogens with one attached hydrogen (secondary N) is 1. The second-order valence-electron chi connectivity index (χ2n) is 6.37. The van der Waals surface area contributed by atoms with Gasteiger partial charge in [0.25, 0.3) is 5.56 Å². The summed E-state index contributed by atoms with van der Waals surface area (Å²) >= 11 is 0. The summed E-state index contributed by atoms with van der Waals surface area (Å²) in [5, 5.41) is 3.61. The quantitative estimate of drug-likeness (QED) is 0.900. The molecule has 2 rings (SSSR count). The number of rotatable bonds is 5. The fraction of sp³-hybridized carbons (Fsp3) is 0.688. The molecule has 0 aliphatic heterocycles. The second kappa shape index (κ2) is 6.44. The molecular formula is C16H26N2O2. The second-order valence-corrected chi connectivity index (χ2v) is 6.37. The first kappa shape index (κ1) is 15.1. The predicted molar refractivity (Wildman–Crippen MR) is 82.2 cm³/mol. The maximum absolute atomic E-state index is 11.8. The Kier molecular flexibility index (Phi) is 4.86. The first-order chi connectivity index (χ1) is 9.53. The van der Waals surface area contributed by atoms with E-state index in [1.54, 1.807) is 17.7 Å². The summed E-state index contributed by atoms with van der Waals surface area (Å²) in [7, 11) is 1.65. The molecule has 0 amide bonds. The van der Waals surface area contributed by atoms with E-state index >= 15 is 0 Å². The van der Waals surface area contributed by atoms with Crippen molar-refractivity contribution in [2.24, 2.45) is 5.41 Å². The van der Waals surface area contributed by atoms with E-state index in [1.807, 2.05) is 12.3 Å². The van der Waals surface area contributed by atoms with Crippen molar-refractivity contribution in [1.29, 1.82) is 0 Å². The van der Waals surface area contributed by atoms with Gasteiger partial charge in [0, 0.05) is 32.0 Å². The predicted octanol–water partition coefficient (Wildman–Crippen LogP) is 2.88. The zero-order chi connectivity index (χ0) is 14.6. The van der Waals surface area contributed by atoms with E-state index in [9.17, 15) is 4.79 Å². The van der Waals surface area contributed by atoms with Gasteiger partial charge in [-0.25, -0.2) is 0 Å². The lowest BCUT2D eigenvalue weighted by atomic mass is 9.73. The molecule has 1 aromatic rings. The van der Waals surface area contributed by atoms with Gasteiger partial charge in [0.2, 0.25) is 0 Å². The summed E-state index contributed by atoms with van der Waals surface area (Å²) in [4.78, 5) is 11.8. The molecule has 0 saturated heterocycles. The van der Waals surface area contributed by atoms with E-state index in [2.05, 4.69) is 19.2 Å². The van der Waals surface area contributed by atoms with Crippen molar-refractivity contribution < 1.29 is 4.74 Å². The van der Waals surface area contributed by atoms with Gasteiger partial charge in [0.15, 0.2) is 0 Å². The Labute approximate surface area is 121 Å². The normalized spacial score (nSPS) is 21.6. The van der Waals surface area contributed by atoms with Crippen molar-refractivity contribution in [3.8, 4) is 0 Å². The highest BCUT2D eigenvalue weighted by Gasteiger charge is 2.31. The number of methoxy groups -OCH3 is 1. The number of nitrogens with zero attached hydrogens (tertiary/aromatic N) is 1. The van der Waals surface area contributed by atoms with Gasteiger partial charge in [-0.1, -0.05) is 26.7 Å². The third kappa shape index (κ3) is 3.63. The first-order valence-electron chi connectivity index (χ1n) is 7.49. The van der Waals surface area contributed by atoms with Crippen LogP contribution in [0.15, 0.2) is 23.1 Å². The molecule has 0 bridgehead atoms. The van der Waals surface area contributed by atoms with Gasteiger partial charge in [-0.05, 0) is 24.3 Å². The van der Waals surface area contributed by atoms with Crippen LogP contribution >= 0.6 is 0 Å². The Morgan fingerprint density at radius 2 is 2.20 bits per heavy atom. The van der Waals surface area contributed by atoms with Crippen molar-refractivity contribution in [3.05, 3.63) is 28.7 Å². The molecule has 0 spiro atoms. The lowest BCUT2D eigenvalue weighted by molar-refractivity contribution is 0.186. The average molecular weight is 278 g/mol. The van der Waals surface area contributed by atoms with Crippen LogP contribution in [-0.2, 0) is 11.3 Å². The molecule has 1 aromatic heterocycles. The van der Waals surface area contributed by atoms with Gasteiger partial charge in [-0.2, -0.15) is 0 Å². The SMILES string of the molecule is COCCn1cc(NC2CCCCC2(C)C)ccc1=O. The van der Waals surface area contributed by atoms with Gasteiger partial charge < -0.3 is 14.6 Å². The molecule has 20 heavy (non-hydrogen) atoms. The van der Waals surface area contributed by atoms with E-state index in [-0.39, 0.29) is 5.56 Å². The van der Waals surface area contributed by atoms with Crippen molar-refractivity contribution in [2.45, 2.75) is 52.1 Å². The Hall–Kier alpha value is -1.29. The Balaban J connectivity index is 2.10. The van der Waals surface area contributed by atoms with Crippen LogP contribution in [0.5, 0.6) is 0 Å². The minimum absolute atomic E-state index is 0.0236. The fourth-order valence-electron chi connectivity index (χ4n) is 2.94. The smallest absolute Gasteiger partial charge is 0.250 e. The minimum Gasteiger partial charge on any atom is -0.383 e. The van der Waals surface area contributed by atoms with E-state index in [4.69, 9.17) is 4.74 Å². The van der Waals surface area contributed by atoms with Gasteiger partial charge >= 0.3 is 0 Å². The van der Waals surface area contributed by atoms with Crippen molar-refractivity contribution >= 4 is 5.69 Å². The third-order valence-corrected chi connectivity index (χ3v) is 4.37. The molecule has 1 fully saturated rings. The van der Waals surface area contributed by atoms with Crippen molar-refractivity contribution in [1.82, 2.24) is 4.57 Å². The summed E-state index contributed by atoms with van der Waals surface area (Å²) in [6.45, 7) is 5.80. The molecular weight excluding hydrogens is 252 g/mol. The lowest BCUT2D eigenvalue weighted by Crippen LogP contribution is -2.39. The summed E-state index contributed by atoms with van der Waals surface area (Å²) in [5.74, 6) is 0. The highest BCUT2D eigenvalue weighted by Crippen LogP contribution is 2.37. The molecule has 0 radical (unpaired) electrons. The molecule has 1 heterocycles. The average Bonchev–Trinajstić information content (AvgIpc) is 2.41. The van der Waals surface area contributed by atoms with Crippen LogP contribution in [0.3, 0.4) is 0 Å². The Morgan fingerprint density at radius 1 is 1.40 bits per heavy atom. The highest BCUT2D eigenvalue weighted by molar-refractivity contribution is 5.42. The number of anilines is 1. The minimum atomic E-state index is 0.0236. The molecule has 1 N–H and O–H groups in total. The molecule has 1 aliphatic rings. The van der Waals surface area contributed by atoms with Crippen molar-refractivity contribution in [3.63, 3.8) is 0 Å². The summed E-state index contributed by atoms with van der Waals surface area (Å²) in [6.07, 6.45) is 6.97. The molecule has 1 atom stereocenters. The van der Waals surface area contributed by atoms with Gasteiger partial charge in [0.1, 0.15) is 0 Å². The number of aromatic nitrogens is 1. The Morgan fingerprint density at radius 3 is 2.90 bits per heavy atom. The molecule has 112 valence electrons. The molecule has 1 aliphatic carbocycles. The molecule has 4 nitrogen and oxygen atoms in total. The maximum Gasteiger partial charge on any atom is 0.250 e. The van der Waals surface area contributed by atoms with Gasteiger partial charge in [-0.3, -0.25) is 4.79 Å². The zero-order valence-corrected chi connectivity index (χ0v) is 12.8. The number of pyridine rings is 1. The van der Waals surface area contributed by atoms with Gasteiger partial charge in [-0.15, -0.1) is 0 Å². The summed E-state index contributed by atoms with van der Waals surface area (Å²) in [5.41, 5.74) is 1.36. The fourth-order valence-corrected chi connectivity index (χ4v) is 2.94. The van der Waals surface area contributed by atoms with E-state index in [0.29, 0.717) is 24.6 Å². The number of hydrogen-bond acceptors (Lipinski definition) is 3. The van der Waals surface area contributed by atoms with E-state index in [1.165, 1.54) is 25.7 Å². The topological polar surface area (TPSA) is 43.3 Å². The van der Waals surface area contributed by atoms with Crippen LogP contribution in [-0.4, -0.2) is 24.3 Å². The summed E-state index contributed by atoms with van der Waals surface area (Å²) < 4.78 is 6.75. The largest absolute Gasteiger partial charge is 0.383 e. The first-order valence-corrected chi connectivity index (χ1v) is 7.49. The molecule has 1 unspecified atom stereocenters. The van der Waals surface area contributed by atoms with Gasteiger partial charge in [0.05, 0.1) is 12.3 Å². The monoisotopic (exact) mass is 278 g/mol. The van der Waals surface area contributed by atoms with Crippen LogP contribution < -0.4 is 10.9 Å². The van der Waals surface area contributed by atoms with Crippen LogP contribution in [0.1, 0.15) is 39.5 Å². The van der Waals surface area contributed by atoms with E-state index in [0.717, 1.165) is 5.69 Å². The standard InChI is InChI=1S/C16H26N2O2/c1-16(2)9-5-4-6-14(16)17-13-7-8-15(19)18(12-13)10-11-20-3/h7-8,12,14,17H,4-6,9-11H2,1-3H3. The number of hydrogen-bond donors (Lipinski definition) is 1. The maximum atomic E-state index is 11.8. The van der Waals surface area contributed by atoms with Crippen LogP contribution in [0.25, 0.3) is 0 Å². The highest BCUT2D eigenvalue weighted by atomic mass is 16.5. The third-order valence-electron chi connectivity index (χ3n) is 4.37. The van der Waals surface area contributed by atoms with Crippen molar-refractivity contribution in [2.75, 3.05) is 19.0 Å². The Bertz CT molecular complexity index is 493. The van der Waals surface area contributed by atoms with Crippen LogP contribution in [0.2, 0.25) is 0 Å². The molecule has 0 aromatic carbocycles. The lowest BCUT2D eigenvalue weighted by Gasteiger charge is -2.39. The number of ether oxygens (including phenoxy) is 1. The van der Waals surface area contributed by atoms with Crippen LogP contribution in [0.4, 0.5) is 5.69 Å². The zero-order valence-electron chi connectivity index (χ0n) is 12.8. The molecule has 1 saturated carbocycles. The van der Waals surface area contributed by atoms with E-state index < -0.39 is 0 Å².